The third-order valence-electron chi connectivity index (χ3n) is 8.14. The number of hydrogen-bond donors (Lipinski definition) is 2. The van der Waals surface area contributed by atoms with Gasteiger partial charge in [0, 0.05) is 0 Å². The molecule has 2 aromatic carbocycles. The van der Waals surface area contributed by atoms with E-state index in [1.165, 1.54) is 25.3 Å². The molecule has 2 atom stereocenters. The van der Waals surface area contributed by atoms with E-state index in [4.69, 9.17) is 13.9 Å². The summed E-state index contributed by atoms with van der Waals surface area (Å²) >= 11 is 0. The van der Waals surface area contributed by atoms with Gasteiger partial charge >= 0.3 is 208 Å². The number of likely N-dealkylation sites (tertiary alicyclic amines) is 1. The Bertz CT molecular complexity index is 1620. The summed E-state index contributed by atoms with van der Waals surface area (Å²) in [6, 6.07) is 7.14. The summed E-state index contributed by atoms with van der Waals surface area (Å²) in [5.41, 5.74) is 1.57. The van der Waals surface area contributed by atoms with Gasteiger partial charge in [0.2, 0.25) is 0 Å². The van der Waals surface area contributed by atoms with Gasteiger partial charge in [-0.25, -0.2) is 4.39 Å². The maximum absolute atomic E-state index is 15.5. The molecule has 1 aliphatic heterocycles. The monoisotopic (exact) mass is 613 g/mol. The number of benzene rings is 2. The molecule has 2 fully saturated rings. The van der Waals surface area contributed by atoms with E-state index in [1.807, 2.05) is 5.80 Å². The van der Waals surface area contributed by atoms with Crippen LogP contribution in [0.1, 0.15) is 43.2 Å². The number of nitrogens with zero attached hydrogens (tertiary/aromatic N) is 2. The van der Waals surface area contributed by atoms with Gasteiger partial charge in [0.15, 0.2) is 0 Å². The summed E-state index contributed by atoms with van der Waals surface area (Å²) < 4.78 is 46.0. The van der Waals surface area contributed by atoms with Crippen molar-refractivity contribution in [3.05, 3.63) is 53.1 Å². The Kier molecular flexibility index (Phi) is 9.98. The van der Waals surface area contributed by atoms with Crippen molar-refractivity contribution in [3.63, 3.8) is 0 Å². The normalized spacial score (nSPS) is 21.9. The number of carboxylic acids is 1. The molecule has 43 heavy (non-hydrogen) atoms. The molecule has 1 unspecified atom stereocenters. The predicted molar refractivity (Wildman–Crippen MR) is 159 cm³/mol. The molecule has 1 amide bonds. The number of carbonyl (C=O) groups excluding carboxylic acids is 1. The van der Waals surface area contributed by atoms with Crippen LogP contribution in [-0.4, -0.2) is 65.1 Å². The average molecular weight is 614 g/mol. The Labute approximate surface area is 249 Å². The number of aryl methyl sites for hydroxylation is 1. The van der Waals surface area contributed by atoms with Crippen molar-refractivity contribution in [2.45, 2.75) is 57.6 Å². The number of amides is 1. The molecule has 3 aromatic rings. The van der Waals surface area contributed by atoms with Crippen LogP contribution in [0.5, 0.6) is 0 Å². The second kappa shape index (κ2) is 13.9. The minimum atomic E-state index is -0.735. The second-order valence-electron chi connectivity index (χ2n) is 11.1. The Morgan fingerprint density at radius 3 is 2.77 bits per heavy atom. The van der Waals surface area contributed by atoms with Crippen molar-refractivity contribution in [1.82, 2.24) is 9.88 Å². The van der Waals surface area contributed by atoms with Gasteiger partial charge in [0.1, 0.15) is 5.82 Å². The van der Waals surface area contributed by atoms with Gasteiger partial charge in [-0.3, -0.25) is 0 Å². The first-order valence-corrected chi connectivity index (χ1v) is 15.2. The summed E-state index contributed by atoms with van der Waals surface area (Å²) in [4.78, 5) is 30.7. The number of halogens is 2. The van der Waals surface area contributed by atoms with Crippen LogP contribution < -0.4 is 5.32 Å². The molecule has 12 heteroatoms. The fraction of sp³-hybridized carbons (Fsp3) is 0.452. The first-order valence-electron chi connectivity index (χ1n) is 14.3. The molecule has 1 saturated heterocycles. The molecule has 0 spiro atoms. The standard InChI is InChI=1S/C31H34F2N3O6P/c1-18-3-9-22(32)12-26(18)35-31-34-25-10-8-21(28(33)29(25)42-31)11-27(37)36-14-24(13-23(36)16-43-17-40-2)41-15-19-4-6-20(7-5-19)30(38)39/h3,8-10,12,16,19-20,23-24H,4-7,11,13-15H2,1-2H3,(H,34,35)(H,38,39)/t19?,20?,23?,24-/m1/s1. The zero-order valence-electron chi connectivity index (χ0n) is 24.0. The zero-order chi connectivity index (χ0) is 30.5. The number of ether oxygens (including phenoxy) is 2. The van der Waals surface area contributed by atoms with E-state index in [9.17, 15) is 19.1 Å². The number of fused-ring (bicyclic) bond motifs is 1. The second-order valence-corrected chi connectivity index (χ2v) is 11.8. The number of aliphatic carboxylic acids is 1. The number of oxazole rings is 1. The van der Waals surface area contributed by atoms with Crippen molar-refractivity contribution in [2.75, 3.05) is 25.6 Å². The Morgan fingerprint density at radius 1 is 1.23 bits per heavy atom. The number of hydrogen-bond acceptors (Lipinski definition) is 7. The Morgan fingerprint density at radius 2 is 2.02 bits per heavy atom. The van der Waals surface area contributed by atoms with Crippen LogP contribution in [0.25, 0.3) is 11.1 Å². The van der Waals surface area contributed by atoms with Crippen molar-refractivity contribution in [3.8, 4) is 5.81 Å². The number of methoxy groups -OCH3 is 1. The van der Waals surface area contributed by atoms with Crippen LogP contribution in [-0.2, 0) is 25.5 Å². The molecule has 1 saturated carbocycles. The van der Waals surface area contributed by atoms with E-state index < -0.39 is 17.6 Å². The van der Waals surface area contributed by atoms with Crippen molar-refractivity contribution >= 4 is 48.1 Å². The van der Waals surface area contributed by atoms with E-state index in [-0.39, 0.29) is 53.1 Å². The van der Waals surface area contributed by atoms with Gasteiger partial charge in [-0.2, -0.15) is 0 Å². The van der Waals surface area contributed by atoms with E-state index in [0.717, 1.165) is 18.4 Å². The Balaban J connectivity index is 1.26. The first kappa shape index (κ1) is 31.0. The average Bonchev–Trinajstić information content (AvgIpc) is 3.60. The van der Waals surface area contributed by atoms with Crippen LogP contribution >= 0.6 is 7.66 Å². The third-order valence-corrected chi connectivity index (χ3v) is 8.92. The van der Waals surface area contributed by atoms with E-state index in [2.05, 4.69) is 16.1 Å². The molecule has 0 bridgehead atoms. The van der Waals surface area contributed by atoms with Crippen molar-refractivity contribution in [2.24, 2.45) is 11.8 Å². The van der Waals surface area contributed by atoms with Gasteiger partial charge < -0.3 is 0 Å². The Hall–Kier alpha value is -3.49. The fourth-order valence-corrected chi connectivity index (χ4v) is 6.31. The van der Waals surface area contributed by atoms with Gasteiger partial charge in [0.25, 0.3) is 0 Å². The number of nitrogens with one attached hydrogen (secondary N) is 1. The maximum atomic E-state index is 15.5. The molecule has 5 rings (SSSR count). The van der Waals surface area contributed by atoms with Crippen LogP contribution in [0, 0.1) is 36.2 Å². The molecule has 9 nitrogen and oxygen atoms in total. The van der Waals surface area contributed by atoms with Crippen molar-refractivity contribution < 1.29 is 37.4 Å². The molecule has 2 aliphatic rings. The first-order chi connectivity index (χ1) is 20.7. The van der Waals surface area contributed by atoms with Gasteiger partial charge in [-0.05, 0) is 24.6 Å². The minimum absolute atomic E-state index is 0.0152. The number of aromatic nitrogens is 1. The molecular formula is C31H34F2N3O6P. The molecule has 2 N–H and O–H groups in total. The van der Waals surface area contributed by atoms with Gasteiger partial charge in [-0.15, -0.1) is 0 Å². The predicted octanol–water partition coefficient (Wildman–Crippen LogP) is 5.89. The number of anilines is 2. The molecular weight excluding hydrogens is 579 g/mol. The SMILES string of the molecule is COC#P=CC1C[C@@H](OCC2CCC(C(=O)O)CC2)CN1C(=O)Cc1ccc2nc(Nc3cc(F)ccc3C)oc2c1F. The summed E-state index contributed by atoms with van der Waals surface area (Å²) in [6.07, 6.45) is 3.13. The molecule has 0 radical (unpaired) electrons. The van der Waals surface area contributed by atoms with Crippen LogP contribution in [0.4, 0.5) is 20.5 Å². The number of rotatable bonds is 9. The third kappa shape index (κ3) is 7.54. The fourth-order valence-electron chi connectivity index (χ4n) is 5.69. The van der Waals surface area contributed by atoms with Gasteiger partial charge in [0.05, 0.1) is 0 Å². The molecule has 1 aliphatic carbocycles. The van der Waals surface area contributed by atoms with Crippen LogP contribution in [0.15, 0.2) is 34.7 Å². The molecule has 228 valence electrons. The number of carbonyl (C=O) groups is 2. The molecule has 2 heterocycles. The van der Waals surface area contributed by atoms with Crippen LogP contribution in [0.2, 0.25) is 0 Å². The summed E-state index contributed by atoms with van der Waals surface area (Å²) in [6.45, 7) is 2.67. The van der Waals surface area contributed by atoms with Crippen molar-refractivity contribution in [1.29, 1.82) is 0 Å². The summed E-state index contributed by atoms with van der Waals surface area (Å²) in [7, 11) is 2.18. The van der Waals surface area contributed by atoms with Gasteiger partial charge in [-0.1, -0.05) is 6.07 Å². The van der Waals surface area contributed by atoms with Crippen LogP contribution in [0.3, 0.4) is 0 Å². The van der Waals surface area contributed by atoms with E-state index in [1.54, 1.807) is 24.0 Å². The zero-order valence-corrected chi connectivity index (χ0v) is 24.9. The van der Waals surface area contributed by atoms with E-state index >= 15 is 4.39 Å². The quantitative estimate of drug-likeness (QED) is 0.287. The topological polar surface area (TPSA) is 114 Å². The summed E-state index contributed by atoms with van der Waals surface area (Å²) in [5.74, 6) is 2.56. The number of carboxylic acid groups (broad SMARTS) is 1. The molecule has 1 aromatic heterocycles. The summed E-state index contributed by atoms with van der Waals surface area (Å²) in [5, 5.41) is 12.1. The van der Waals surface area contributed by atoms with E-state index in [0.29, 0.717) is 51.7 Å².